The third-order valence-electron chi connectivity index (χ3n) is 1.86. The zero-order chi connectivity index (χ0) is 11.5. The lowest BCUT2D eigenvalue weighted by Crippen LogP contribution is -1.94. The van der Waals surface area contributed by atoms with Crippen molar-refractivity contribution in [3.8, 4) is 11.6 Å². The number of hydrogen-bond acceptors (Lipinski definition) is 3. The van der Waals surface area contributed by atoms with Crippen LogP contribution in [0.3, 0.4) is 0 Å². The minimum absolute atomic E-state index is 0.350. The molecule has 1 aromatic carbocycles. The first-order valence-electron chi connectivity index (χ1n) is 4.49. The van der Waals surface area contributed by atoms with Crippen LogP contribution in [0, 0.1) is 0 Å². The van der Waals surface area contributed by atoms with Gasteiger partial charge in [-0.1, -0.05) is 33.6 Å². The van der Waals surface area contributed by atoms with Crippen LogP contribution in [0.1, 0.15) is 0 Å². The maximum Gasteiger partial charge on any atom is 0.242 e. The van der Waals surface area contributed by atoms with Gasteiger partial charge < -0.3 is 10.5 Å². The van der Waals surface area contributed by atoms with Crippen molar-refractivity contribution in [3.63, 3.8) is 0 Å². The lowest BCUT2D eigenvalue weighted by Gasteiger charge is -2.07. The van der Waals surface area contributed by atoms with E-state index < -0.39 is 0 Å². The van der Waals surface area contributed by atoms with E-state index in [0.717, 1.165) is 4.47 Å². The lowest BCUT2D eigenvalue weighted by atomic mass is 10.3. The van der Waals surface area contributed by atoms with E-state index >= 15 is 0 Å². The summed E-state index contributed by atoms with van der Waals surface area (Å²) < 4.78 is 6.45. The number of nitrogen functional groups attached to an aromatic ring is 1. The van der Waals surface area contributed by atoms with Crippen LogP contribution in [-0.4, -0.2) is 4.98 Å². The fraction of sp³-hybridized carbons (Fsp3) is 0. The molecule has 0 unspecified atom stereocenters. The van der Waals surface area contributed by atoms with Gasteiger partial charge in [-0.05, 0) is 24.3 Å². The van der Waals surface area contributed by atoms with Gasteiger partial charge in [0.15, 0.2) is 0 Å². The van der Waals surface area contributed by atoms with Gasteiger partial charge in [0, 0.05) is 10.7 Å². The Labute approximate surface area is 106 Å². The van der Waals surface area contributed by atoms with E-state index in [9.17, 15) is 0 Å². The molecular weight excluding hydrogens is 291 g/mol. The molecule has 2 aromatic rings. The number of benzene rings is 1. The summed E-state index contributed by atoms with van der Waals surface area (Å²) >= 11 is 9.09. The Morgan fingerprint density at radius 3 is 2.81 bits per heavy atom. The van der Waals surface area contributed by atoms with Crippen LogP contribution < -0.4 is 10.5 Å². The maximum absolute atomic E-state index is 5.74. The molecule has 0 radical (unpaired) electrons. The summed E-state index contributed by atoms with van der Waals surface area (Å²) in [7, 11) is 0. The van der Waals surface area contributed by atoms with Crippen molar-refractivity contribution in [1.82, 2.24) is 4.98 Å². The Morgan fingerprint density at radius 2 is 2.12 bits per heavy atom. The molecule has 0 aliphatic heterocycles. The molecule has 3 nitrogen and oxygen atoms in total. The van der Waals surface area contributed by atoms with Crippen LogP contribution in [0.2, 0.25) is 5.02 Å². The third-order valence-corrected chi connectivity index (χ3v) is 2.56. The summed E-state index contributed by atoms with van der Waals surface area (Å²) in [6, 6.07) is 9.02. The molecular formula is C11H8BrClN2O. The number of aromatic nitrogens is 1. The van der Waals surface area contributed by atoms with Gasteiger partial charge >= 0.3 is 0 Å². The summed E-state index contributed by atoms with van der Waals surface area (Å²) in [6.45, 7) is 0. The van der Waals surface area contributed by atoms with E-state index in [-0.39, 0.29) is 0 Å². The number of pyridine rings is 1. The summed E-state index contributed by atoms with van der Waals surface area (Å²) in [4.78, 5) is 4.01. The van der Waals surface area contributed by atoms with Crippen LogP contribution in [-0.2, 0) is 0 Å². The van der Waals surface area contributed by atoms with Crippen molar-refractivity contribution >= 4 is 33.2 Å². The quantitative estimate of drug-likeness (QED) is 0.915. The maximum atomic E-state index is 5.74. The van der Waals surface area contributed by atoms with Gasteiger partial charge in [0.2, 0.25) is 5.88 Å². The Hall–Kier alpha value is -1.26. The summed E-state index contributed by atoms with van der Waals surface area (Å²) in [6.07, 6.45) is 1.49. The number of rotatable bonds is 2. The van der Waals surface area contributed by atoms with E-state index in [1.165, 1.54) is 6.20 Å². The first-order valence-corrected chi connectivity index (χ1v) is 5.67. The minimum Gasteiger partial charge on any atom is -0.437 e. The van der Waals surface area contributed by atoms with Crippen LogP contribution >= 0.6 is 27.5 Å². The molecule has 82 valence electrons. The topological polar surface area (TPSA) is 48.1 Å². The highest BCUT2D eigenvalue weighted by Gasteiger charge is 2.04. The smallest absolute Gasteiger partial charge is 0.242 e. The van der Waals surface area contributed by atoms with Gasteiger partial charge in [-0.3, -0.25) is 0 Å². The Kier molecular flexibility index (Phi) is 3.31. The van der Waals surface area contributed by atoms with Crippen molar-refractivity contribution in [1.29, 1.82) is 0 Å². The normalized spacial score (nSPS) is 10.1. The molecule has 1 heterocycles. The zero-order valence-electron chi connectivity index (χ0n) is 8.15. The highest BCUT2D eigenvalue weighted by molar-refractivity contribution is 9.10. The van der Waals surface area contributed by atoms with E-state index in [1.807, 2.05) is 24.3 Å². The van der Waals surface area contributed by atoms with Crippen LogP contribution in [0.4, 0.5) is 5.69 Å². The van der Waals surface area contributed by atoms with Crippen LogP contribution in [0.5, 0.6) is 11.6 Å². The molecule has 0 aliphatic carbocycles. The molecule has 2 N–H and O–H groups in total. The predicted molar refractivity (Wildman–Crippen MR) is 67.9 cm³/mol. The molecule has 1 aromatic heterocycles. The molecule has 0 amide bonds. The molecule has 0 spiro atoms. The fourth-order valence-electron chi connectivity index (χ4n) is 1.17. The predicted octanol–water partition coefficient (Wildman–Crippen LogP) is 3.87. The van der Waals surface area contributed by atoms with Crippen molar-refractivity contribution in [2.45, 2.75) is 0 Å². The molecule has 0 bridgehead atoms. The van der Waals surface area contributed by atoms with E-state index in [4.69, 9.17) is 22.1 Å². The number of nitrogens with two attached hydrogens (primary N) is 1. The minimum atomic E-state index is 0.350. The fourth-order valence-corrected chi connectivity index (χ4v) is 1.71. The number of ether oxygens (including phenoxy) is 1. The molecule has 0 fully saturated rings. The Balaban J connectivity index is 2.27. The second kappa shape index (κ2) is 4.72. The molecule has 0 aliphatic rings. The number of anilines is 1. The SMILES string of the molecule is Nc1cc(Cl)cnc1Oc1cccc(Br)c1. The molecule has 0 saturated heterocycles. The second-order valence-electron chi connectivity index (χ2n) is 3.11. The summed E-state index contributed by atoms with van der Waals surface area (Å²) in [5.41, 5.74) is 6.13. The molecule has 0 atom stereocenters. The number of halogens is 2. The van der Waals surface area contributed by atoms with E-state index in [1.54, 1.807) is 6.07 Å². The first-order chi connectivity index (χ1) is 7.65. The summed E-state index contributed by atoms with van der Waals surface area (Å²) in [5.74, 6) is 1.01. The Morgan fingerprint density at radius 1 is 1.31 bits per heavy atom. The van der Waals surface area contributed by atoms with E-state index in [0.29, 0.717) is 22.3 Å². The lowest BCUT2D eigenvalue weighted by molar-refractivity contribution is 0.465. The van der Waals surface area contributed by atoms with Gasteiger partial charge in [0.25, 0.3) is 0 Å². The number of hydrogen-bond donors (Lipinski definition) is 1. The standard InChI is InChI=1S/C11H8BrClN2O/c12-7-2-1-3-9(4-7)16-11-10(14)5-8(13)6-15-11/h1-6H,14H2. The molecule has 2 rings (SSSR count). The van der Waals surface area contributed by atoms with Crippen molar-refractivity contribution in [2.24, 2.45) is 0 Å². The van der Waals surface area contributed by atoms with Crippen molar-refractivity contribution < 1.29 is 4.74 Å². The molecule has 16 heavy (non-hydrogen) atoms. The third kappa shape index (κ3) is 2.65. The number of nitrogens with zero attached hydrogens (tertiary/aromatic N) is 1. The van der Waals surface area contributed by atoms with Crippen molar-refractivity contribution in [3.05, 3.63) is 46.0 Å². The van der Waals surface area contributed by atoms with Gasteiger partial charge in [-0.2, -0.15) is 0 Å². The van der Waals surface area contributed by atoms with E-state index in [2.05, 4.69) is 20.9 Å². The second-order valence-corrected chi connectivity index (χ2v) is 4.46. The summed E-state index contributed by atoms with van der Waals surface area (Å²) in [5, 5.41) is 0.485. The largest absolute Gasteiger partial charge is 0.437 e. The van der Waals surface area contributed by atoms with Gasteiger partial charge in [-0.15, -0.1) is 0 Å². The highest BCUT2D eigenvalue weighted by Crippen LogP contribution is 2.28. The first kappa shape index (κ1) is 11.2. The van der Waals surface area contributed by atoms with Crippen LogP contribution in [0.15, 0.2) is 41.0 Å². The highest BCUT2D eigenvalue weighted by atomic mass is 79.9. The van der Waals surface area contributed by atoms with Crippen molar-refractivity contribution in [2.75, 3.05) is 5.73 Å². The zero-order valence-corrected chi connectivity index (χ0v) is 10.5. The van der Waals surface area contributed by atoms with Gasteiger partial charge in [-0.25, -0.2) is 4.98 Å². The molecule has 0 saturated carbocycles. The van der Waals surface area contributed by atoms with Gasteiger partial charge in [0.1, 0.15) is 5.75 Å². The average molecular weight is 300 g/mol. The average Bonchev–Trinajstić information content (AvgIpc) is 2.22. The monoisotopic (exact) mass is 298 g/mol. The molecule has 5 heteroatoms. The van der Waals surface area contributed by atoms with Crippen LogP contribution in [0.25, 0.3) is 0 Å². The van der Waals surface area contributed by atoms with Gasteiger partial charge in [0.05, 0.1) is 10.7 Å². The Bertz CT molecular complexity index is 519.